The molecule has 1 N–H and O–H groups in total. The van der Waals surface area contributed by atoms with Gasteiger partial charge in [-0.2, -0.15) is 0 Å². The van der Waals surface area contributed by atoms with Gasteiger partial charge in [-0.25, -0.2) is 0 Å². The maximum absolute atomic E-state index is 12.4. The molecule has 0 aliphatic carbocycles. The van der Waals surface area contributed by atoms with E-state index >= 15 is 0 Å². The third kappa shape index (κ3) is 1.72. The second-order valence-electron chi connectivity index (χ2n) is 4.78. The first kappa shape index (κ1) is 11.7. The first-order valence-corrected chi connectivity index (χ1v) is 6.11. The number of rotatable bonds is 2. The number of nitrogens with zero attached hydrogens (tertiary/aromatic N) is 1. The summed E-state index contributed by atoms with van der Waals surface area (Å²) in [6.45, 7) is 2.09. The highest BCUT2D eigenvalue weighted by molar-refractivity contribution is 5.87. The zero-order chi connectivity index (χ0) is 12.7. The summed E-state index contributed by atoms with van der Waals surface area (Å²) in [5.74, 6) is -2.42. The molecule has 0 aromatic carbocycles. The molecule has 2 saturated heterocycles. The molecule has 4 atom stereocenters. The van der Waals surface area contributed by atoms with Gasteiger partial charge in [0.15, 0.2) is 0 Å². The van der Waals surface area contributed by atoms with E-state index in [1.165, 1.54) is 0 Å². The molecule has 3 aliphatic heterocycles. The van der Waals surface area contributed by atoms with Crippen molar-refractivity contribution in [3.05, 3.63) is 12.2 Å². The summed E-state index contributed by atoms with van der Waals surface area (Å²) in [5, 5.41) is 9.24. The zero-order valence-electron chi connectivity index (χ0n) is 9.82. The largest absolute Gasteiger partial charge is 0.481 e. The number of aliphatic carboxylic acids is 1. The second-order valence-corrected chi connectivity index (χ2v) is 4.78. The molecule has 6 heteroatoms. The standard InChI is InChI=1S/C12H15NO5/c14-11(13-3-5-17-6-4-13)9-7-1-2-8(18-7)10(9)12(15)16/h1-2,7-10H,3-6H2,(H,15,16)/t7-,8-,9+,10-/m0/s1. The number of fused-ring (bicyclic) bond motifs is 2. The van der Waals surface area contributed by atoms with Crippen molar-refractivity contribution in [1.29, 1.82) is 0 Å². The van der Waals surface area contributed by atoms with E-state index in [2.05, 4.69) is 0 Å². The predicted octanol–water partition coefficient (Wildman–Crippen LogP) is -0.501. The number of amides is 1. The smallest absolute Gasteiger partial charge is 0.310 e. The van der Waals surface area contributed by atoms with E-state index in [-0.39, 0.29) is 12.0 Å². The summed E-state index contributed by atoms with van der Waals surface area (Å²) in [6, 6.07) is 0. The molecule has 0 saturated carbocycles. The summed E-state index contributed by atoms with van der Waals surface area (Å²) in [5.41, 5.74) is 0. The van der Waals surface area contributed by atoms with Crippen LogP contribution in [0.15, 0.2) is 12.2 Å². The van der Waals surface area contributed by atoms with Crippen molar-refractivity contribution in [1.82, 2.24) is 4.90 Å². The lowest BCUT2D eigenvalue weighted by molar-refractivity contribution is -0.151. The monoisotopic (exact) mass is 253 g/mol. The summed E-state index contributed by atoms with van der Waals surface area (Å²) in [6.07, 6.45) is 2.70. The van der Waals surface area contributed by atoms with Crippen molar-refractivity contribution in [3.8, 4) is 0 Å². The number of carbonyl (C=O) groups is 2. The number of hydrogen-bond donors (Lipinski definition) is 1. The van der Waals surface area contributed by atoms with Crippen LogP contribution < -0.4 is 0 Å². The Bertz CT molecular complexity index is 401. The van der Waals surface area contributed by atoms with Gasteiger partial charge in [0.25, 0.3) is 0 Å². The van der Waals surface area contributed by atoms with E-state index in [0.29, 0.717) is 26.3 Å². The number of carbonyl (C=O) groups excluding carboxylic acids is 1. The van der Waals surface area contributed by atoms with Crippen molar-refractivity contribution in [2.45, 2.75) is 12.2 Å². The van der Waals surface area contributed by atoms with Crippen molar-refractivity contribution in [2.75, 3.05) is 26.3 Å². The lowest BCUT2D eigenvalue weighted by atomic mass is 9.82. The van der Waals surface area contributed by atoms with Crippen LogP contribution in [-0.4, -0.2) is 60.4 Å². The second kappa shape index (κ2) is 4.37. The Morgan fingerprint density at radius 3 is 2.33 bits per heavy atom. The minimum atomic E-state index is -0.960. The van der Waals surface area contributed by atoms with Crippen LogP contribution in [0.4, 0.5) is 0 Å². The highest BCUT2D eigenvalue weighted by Crippen LogP contribution is 2.40. The summed E-state index contributed by atoms with van der Waals surface area (Å²) in [4.78, 5) is 25.4. The lowest BCUT2D eigenvalue weighted by Gasteiger charge is -2.31. The van der Waals surface area contributed by atoms with Gasteiger partial charge >= 0.3 is 5.97 Å². The Morgan fingerprint density at radius 2 is 1.72 bits per heavy atom. The molecule has 18 heavy (non-hydrogen) atoms. The molecule has 3 heterocycles. The van der Waals surface area contributed by atoms with Gasteiger partial charge in [0, 0.05) is 13.1 Å². The van der Waals surface area contributed by atoms with Crippen LogP contribution in [0.25, 0.3) is 0 Å². The minimum Gasteiger partial charge on any atom is -0.481 e. The summed E-state index contributed by atoms with van der Waals surface area (Å²) >= 11 is 0. The third-order valence-corrected chi connectivity index (χ3v) is 3.79. The van der Waals surface area contributed by atoms with Crippen LogP contribution in [0.2, 0.25) is 0 Å². The Labute approximate surface area is 104 Å². The highest BCUT2D eigenvalue weighted by Gasteiger charge is 2.54. The quantitative estimate of drug-likeness (QED) is 0.671. The Kier molecular flexibility index (Phi) is 2.83. The number of ether oxygens (including phenoxy) is 2. The highest BCUT2D eigenvalue weighted by atomic mass is 16.5. The lowest BCUT2D eigenvalue weighted by Crippen LogP contribution is -2.48. The summed E-state index contributed by atoms with van der Waals surface area (Å²) in [7, 11) is 0. The van der Waals surface area contributed by atoms with Crippen molar-refractivity contribution in [3.63, 3.8) is 0 Å². The third-order valence-electron chi connectivity index (χ3n) is 3.79. The van der Waals surface area contributed by atoms with Crippen LogP contribution in [-0.2, 0) is 19.1 Å². The van der Waals surface area contributed by atoms with E-state index in [0.717, 1.165) is 0 Å². The van der Waals surface area contributed by atoms with Crippen LogP contribution in [0.3, 0.4) is 0 Å². The normalized spacial score (nSPS) is 38.1. The van der Waals surface area contributed by atoms with Crippen LogP contribution in [0.5, 0.6) is 0 Å². The van der Waals surface area contributed by atoms with E-state index < -0.39 is 23.9 Å². The molecule has 6 nitrogen and oxygen atoms in total. The Hall–Kier alpha value is -1.40. The van der Waals surface area contributed by atoms with E-state index in [1.807, 2.05) is 0 Å². The van der Waals surface area contributed by atoms with Gasteiger partial charge in [0.1, 0.15) is 5.92 Å². The summed E-state index contributed by atoms with van der Waals surface area (Å²) < 4.78 is 10.7. The minimum absolute atomic E-state index is 0.123. The number of carboxylic acids is 1. The van der Waals surface area contributed by atoms with E-state index in [1.54, 1.807) is 17.1 Å². The fraction of sp³-hybridized carbons (Fsp3) is 0.667. The first-order chi connectivity index (χ1) is 8.68. The van der Waals surface area contributed by atoms with Crippen molar-refractivity contribution >= 4 is 11.9 Å². The Balaban J connectivity index is 1.79. The van der Waals surface area contributed by atoms with Gasteiger partial charge in [0.05, 0.1) is 31.3 Å². The molecule has 3 aliphatic rings. The molecule has 98 valence electrons. The van der Waals surface area contributed by atoms with Crippen LogP contribution in [0.1, 0.15) is 0 Å². The maximum atomic E-state index is 12.4. The van der Waals surface area contributed by atoms with Gasteiger partial charge in [-0.05, 0) is 0 Å². The Morgan fingerprint density at radius 1 is 1.11 bits per heavy atom. The molecule has 0 unspecified atom stereocenters. The number of carboxylic acid groups (broad SMARTS) is 1. The topological polar surface area (TPSA) is 76.1 Å². The average molecular weight is 253 g/mol. The van der Waals surface area contributed by atoms with Gasteiger partial charge in [-0.3, -0.25) is 9.59 Å². The fourth-order valence-electron chi connectivity index (χ4n) is 2.89. The molecule has 3 rings (SSSR count). The fourth-order valence-corrected chi connectivity index (χ4v) is 2.89. The number of morpholine rings is 1. The molecule has 1 amide bonds. The van der Waals surface area contributed by atoms with Gasteiger partial charge in [-0.15, -0.1) is 0 Å². The molecule has 0 radical (unpaired) electrons. The van der Waals surface area contributed by atoms with Gasteiger partial charge in [-0.1, -0.05) is 12.2 Å². The zero-order valence-corrected chi connectivity index (χ0v) is 9.82. The molecular formula is C12H15NO5. The molecule has 0 aromatic rings. The van der Waals surface area contributed by atoms with Gasteiger partial charge < -0.3 is 19.5 Å². The van der Waals surface area contributed by atoms with Crippen molar-refractivity contribution < 1.29 is 24.2 Å². The maximum Gasteiger partial charge on any atom is 0.310 e. The average Bonchev–Trinajstić information content (AvgIpc) is 2.99. The SMILES string of the molecule is O=C(O)[C@@H]1[C@H](C(=O)N2CCOCC2)[C@@H]2C=C[C@@H]1O2. The van der Waals surface area contributed by atoms with E-state index in [4.69, 9.17) is 9.47 Å². The molecule has 2 fully saturated rings. The van der Waals surface area contributed by atoms with Crippen molar-refractivity contribution in [2.24, 2.45) is 11.8 Å². The molecule has 2 bridgehead atoms. The van der Waals surface area contributed by atoms with Crippen LogP contribution >= 0.6 is 0 Å². The first-order valence-electron chi connectivity index (χ1n) is 6.11. The van der Waals surface area contributed by atoms with Gasteiger partial charge in [0.2, 0.25) is 5.91 Å². The van der Waals surface area contributed by atoms with Crippen LogP contribution in [0, 0.1) is 11.8 Å². The predicted molar refractivity (Wildman–Crippen MR) is 59.8 cm³/mol. The van der Waals surface area contributed by atoms with E-state index in [9.17, 15) is 14.7 Å². The molecular weight excluding hydrogens is 238 g/mol. The molecule has 0 spiro atoms. The molecule has 0 aromatic heterocycles. The number of hydrogen-bond acceptors (Lipinski definition) is 4.